The average molecular weight is 677 g/mol. The highest BCUT2D eigenvalue weighted by Crippen LogP contribution is 2.44. The van der Waals surface area contributed by atoms with Gasteiger partial charge in [-0.1, -0.05) is 70.4 Å². The number of hydrogen-bond donors (Lipinski definition) is 2. The van der Waals surface area contributed by atoms with Crippen LogP contribution in [-0.2, 0) is 27.9 Å². The Morgan fingerprint density at radius 3 is 2.28 bits per heavy atom. The summed E-state index contributed by atoms with van der Waals surface area (Å²) in [6, 6.07) is 0. The van der Waals surface area contributed by atoms with E-state index in [9.17, 15) is 28.2 Å². The molecule has 0 saturated carbocycles. The maximum atomic E-state index is 13.9. The van der Waals surface area contributed by atoms with Crippen LogP contribution in [0.5, 0.6) is 0 Å². The van der Waals surface area contributed by atoms with E-state index in [2.05, 4.69) is 19.1 Å². The van der Waals surface area contributed by atoms with E-state index in [0.717, 1.165) is 43.1 Å². The van der Waals surface area contributed by atoms with E-state index >= 15 is 0 Å². The van der Waals surface area contributed by atoms with Gasteiger partial charge >= 0.3 is 19.5 Å². The molecule has 0 spiro atoms. The maximum Gasteiger partial charge on any atom is 0.472 e. The zero-order chi connectivity index (χ0) is 34.0. The van der Waals surface area contributed by atoms with Crippen LogP contribution < -0.4 is 11.2 Å². The molecule has 264 valence electrons. The standard InChI is InChI=1S/C32H55FN3O9P/c1-5-6-7-8-9-10-11-12-13-14-15-16-17-18-19-20-30(37)45-27-23-29(35-24-26(33)31(38)34-32(35)39)44-28(27)25-43-46(40,41)42-22-21-36(2,3)4/h12-13,24,27-29H,5-11,14-23,25H2,1-4H3,(H-,34,38,39,40,41)/p+1/b13-12-/t27-,28+,29+/m0/s1. The van der Waals surface area contributed by atoms with Gasteiger partial charge in [-0.25, -0.2) is 9.36 Å². The third-order valence-electron chi connectivity index (χ3n) is 7.76. The first-order chi connectivity index (χ1) is 21.8. The highest BCUT2D eigenvalue weighted by atomic mass is 31.2. The lowest BCUT2D eigenvalue weighted by Crippen LogP contribution is -2.37. The van der Waals surface area contributed by atoms with Crippen molar-refractivity contribution in [3.63, 3.8) is 0 Å². The topological polar surface area (TPSA) is 146 Å². The summed E-state index contributed by atoms with van der Waals surface area (Å²) in [5.41, 5.74) is -2.08. The first-order valence-electron chi connectivity index (χ1n) is 16.7. The minimum atomic E-state index is -4.46. The van der Waals surface area contributed by atoms with Crippen molar-refractivity contribution in [2.75, 3.05) is 40.9 Å². The van der Waals surface area contributed by atoms with Crippen LogP contribution in [-0.4, -0.2) is 78.0 Å². The van der Waals surface area contributed by atoms with Gasteiger partial charge in [0.2, 0.25) is 5.82 Å². The number of nitrogens with zero attached hydrogens (tertiary/aromatic N) is 2. The van der Waals surface area contributed by atoms with Crippen molar-refractivity contribution >= 4 is 13.8 Å². The first kappa shape index (κ1) is 40.0. The van der Waals surface area contributed by atoms with Crippen LogP contribution in [0.15, 0.2) is 27.9 Å². The van der Waals surface area contributed by atoms with Gasteiger partial charge in [0.15, 0.2) is 0 Å². The van der Waals surface area contributed by atoms with Crippen molar-refractivity contribution < 1.29 is 41.6 Å². The molecule has 0 radical (unpaired) electrons. The zero-order valence-electron chi connectivity index (χ0n) is 28.1. The van der Waals surface area contributed by atoms with E-state index < -0.39 is 55.9 Å². The Bertz CT molecular complexity index is 1230. The number of halogens is 1. The summed E-state index contributed by atoms with van der Waals surface area (Å²) in [4.78, 5) is 48.5. The van der Waals surface area contributed by atoms with Crippen molar-refractivity contribution in [1.29, 1.82) is 0 Å². The lowest BCUT2D eigenvalue weighted by Gasteiger charge is -2.24. The number of likely N-dealkylation sites (N-methyl/N-ethyl adjacent to an activating group) is 1. The number of allylic oxidation sites excluding steroid dienone is 2. The summed E-state index contributed by atoms with van der Waals surface area (Å²) >= 11 is 0. The van der Waals surface area contributed by atoms with Crippen LogP contribution in [0.3, 0.4) is 0 Å². The molecule has 1 aromatic heterocycles. The molecule has 46 heavy (non-hydrogen) atoms. The zero-order valence-corrected chi connectivity index (χ0v) is 29.0. The van der Waals surface area contributed by atoms with Crippen molar-refractivity contribution in [2.45, 2.75) is 122 Å². The number of carbonyl (C=O) groups excluding carboxylic acids is 1. The van der Waals surface area contributed by atoms with Crippen molar-refractivity contribution in [1.82, 2.24) is 9.55 Å². The van der Waals surface area contributed by atoms with Gasteiger partial charge in [0.1, 0.15) is 31.6 Å². The quantitative estimate of drug-likeness (QED) is 0.0459. The summed E-state index contributed by atoms with van der Waals surface area (Å²) in [5, 5.41) is 0. The third kappa shape index (κ3) is 16.6. The molecule has 0 bridgehead atoms. The molecule has 14 heteroatoms. The molecule has 1 aromatic rings. The number of phosphoric ester groups is 1. The smallest absolute Gasteiger partial charge is 0.459 e. The highest BCUT2D eigenvalue weighted by molar-refractivity contribution is 7.47. The van der Waals surface area contributed by atoms with Gasteiger partial charge in [-0.3, -0.25) is 28.2 Å². The first-order valence-corrected chi connectivity index (χ1v) is 18.2. The molecule has 1 aliphatic rings. The lowest BCUT2D eigenvalue weighted by molar-refractivity contribution is -0.870. The fraction of sp³-hybridized carbons (Fsp3) is 0.781. The molecule has 2 N–H and O–H groups in total. The van der Waals surface area contributed by atoms with E-state index in [1.54, 1.807) is 0 Å². The van der Waals surface area contributed by atoms with Gasteiger partial charge < -0.3 is 18.9 Å². The summed E-state index contributed by atoms with van der Waals surface area (Å²) < 4.78 is 49.3. The fourth-order valence-electron chi connectivity index (χ4n) is 5.02. The van der Waals surface area contributed by atoms with Crippen LogP contribution in [0.1, 0.15) is 109 Å². The van der Waals surface area contributed by atoms with Gasteiger partial charge in [-0.2, -0.15) is 4.39 Å². The molecular weight excluding hydrogens is 620 g/mol. The van der Waals surface area contributed by atoms with Crippen molar-refractivity contribution in [3.05, 3.63) is 45.0 Å². The normalized spacial score (nSPS) is 19.9. The minimum Gasteiger partial charge on any atom is -0.459 e. The number of nitrogens with one attached hydrogen (secondary N) is 1. The number of quaternary nitrogens is 1. The lowest BCUT2D eigenvalue weighted by atomic mass is 10.1. The highest BCUT2D eigenvalue weighted by Gasteiger charge is 2.41. The van der Waals surface area contributed by atoms with Gasteiger partial charge in [0, 0.05) is 12.8 Å². The minimum absolute atomic E-state index is 0.0359. The van der Waals surface area contributed by atoms with Crippen molar-refractivity contribution in [2.24, 2.45) is 0 Å². The summed E-state index contributed by atoms with van der Waals surface area (Å²) in [6.07, 6.45) is 17.0. The predicted molar refractivity (Wildman–Crippen MR) is 174 cm³/mol. The Labute approximate surface area is 272 Å². The number of unbranched alkanes of at least 4 members (excludes halogenated alkanes) is 11. The second-order valence-electron chi connectivity index (χ2n) is 13.0. The molecule has 1 unspecified atom stereocenters. The molecule has 2 rings (SSSR count). The number of hydrogen-bond acceptors (Lipinski definition) is 8. The SMILES string of the molecule is CCCCCCCC/C=C\CCCCCCCC(=O)O[C@H]1C[C@H](n2cc(F)c(=O)[nH]c2=O)O[C@@H]1COP(=O)(O)OCC[N+](C)(C)C. The summed E-state index contributed by atoms with van der Waals surface area (Å²) in [7, 11) is 1.23. The monoisotopic (exact) mass is 676 g/mol. The van der Waals surface area contributed by atoms with E-state index in [-0.39, 0.29) is 19.4 Å². The largest absolute Gasteiger partial charge is 0.472 e. The van der Waals surface area contributed by atoms with Crippen LogP contribution in [0.4, 0.5) is 4.39 Å². The van der Waals surface area contributed by atoms with E-state index in [0.29, 0.717) is 23.6 Å². The van der Waals surface area contributed by atoms with Crippen molar-refractivity contribution in [3.8, 4) is 0 Å². The Morgan fingerprint density at radius 2 is 1.65 bits per heavy atom. The molecule has 1 aliphatic heterocycles. The molecule has 0 aliphatic carbocycles. The Hall–Kier alpha value is -2.15. The van der Waals surface area contributed by atoms with Crippen LogP contribution >= 0.6 is 7.82 Å². The number of aromatic amines is 1. The molecule has 1 fully saturated rings. The van der Waals surface area contributed by atoms with Gasteiger partial charge in [-0.05, 0) is 32.1 Å². The molecule has 0 amide bonds. The average Bonchev–Trinajstić information content (AvgIpc) is 3.37. The van der Waals surface area contributed by atoms with Crippen LogP contribution in [0, 0.1) is 5.82 Å². The Kier molecular flexibility index (Phi) is 18.2. The second-order valence-corrected chi connectivity index (χ2v) is 14.4. The number of phosphoric acid groups is 1. The Balaban J connectivity index is 1.79. The molecule has 2 heterocycles. The number of ether oxygens (including phenoxy) is 2. The van der Waals surface area contributed by atoms with Crippen LogP contribution in [0.25, 0.3) is 0 Å². The summed E-state index contributed by atoms with van der Waals surface area (Å²) in [6.45, 7) is 2.16. The van der Waals surface area contributed by atoms with E-state index in [4.69, 9.17) is 18.5 Å². The van der Waals surface area contributed by atoms with E-state index in [1.807, 2.05) is 26.1 Å². The molecule has 12 nitrogen and oxygen atoms in total. The Morgan fingerprint density at radius 1 is 1.04 bits per heavy atom. The molecule has 1 saturated heterocycles. The number of aromatic nitrogens is 2. The van der Waals surface area contributed by atoms with Gasteiger partial charge in [-0.15, -0.1) is 0 Å². The number of H-pyrrole nitrogens is 1. The predicted octanol–water partition coefficient (Wildman–Crippen LogP) is 5.75. The second kappa shape index (κ2) is 21.0. The van der Waals surface area contributed by atoms with Gasteiger partial charge in [0.25, 0.3) is 5.56 Å². The number of rotatable bonds is 24. The summed E-state index contributed by atoms with van der Waals surface area (Å²) in [5.74, 6) is -1.67. The number of esters is 1. The molecular formula is C32H56FN3O9P+. The molecule has 4 atom stereocenters. The van der Waals surface area contributed by atoms with Crippen LogP contribution in [0.2, 0.25) is 0 Å². The molecule has 0 aromatic carbocycles. The van der Waals surface area contributed by atoms with Gasteiger partial charge in [0.05, 0.1) is 33.9 Å². The fourth-order valence-corrected chi connectivity index (χ4v) is 5.74. The van der Waals surface area contributed by atoms with E-state index in [1.165, 1.54) is 38.5 Å². The number of carbonyl (C=O) groups is 1. The maximum absolute atomic E-state index is 13.9. The third-order valence-corrected chi connectivity index (χ3v) is 8.74.